The first kappa shape index (κ1) is 57.3. The molecule has 4 atom stereocenters. The minimum atomic E-state index is -1.14. The Morgan fingerprint density at radius 2 is 0.714 bits per heavy atom. The first-order valence-electron chi connectivity index (χ1n) is 25.2. The van der Waals surface area contributed by atoms with Gasteiger partial charge in [0.15, 0.2) is 11.4 Å². The molecule has 4 aromatic carbocycles. The van der Waals surface area contributed by atoms with Crippen LogP contribution in [0.3, 0.4) is 0 Å². The molecular weight excluding hydrogens is 985 g/mol. The molecule has 20 nitrogen and oxygen atoms in total. The number of nitrogens with one attached hydrogen (secondary N) is 8. The van der Waals surface area contributed by atoms with E-state index in [0.29, 0.717) is 0 Å². The number of carbonyl (C=O) groups excluding carboxylic acids is 8. The van der Waals surface area contributed by atoms with Crippen LogP contribution in [-0.2, 0) is 54.3 Å². The molecule has 6 amide bonds. The van der Waals surface area contributed by atoms with Gasteiger partial charge in [-0.1, -0.05) is 121 Å². The first-order valence-corrected chi connectivity index (χ1v) is 25.2. The van der Waals surface area contributed by atoms with Gasteiger partial charge in [-0.05, 0) is 70.2 Å². The molecule has 20 heteroatoms. The molecule has 2 aromatic heterocycles. The highest BCUT2D eigenvalue weighted by Gasteiger charge is 2.33. The first-order chi connectivity index (χ1) is 36.7. The molecule has 0 bridgehead atoms. The molecule has 0 aliphatic rings. The van der Waals surface area contributed by atoms with Gasteiger partial charge in [0, 0.05) is 38.8 Å². The second-order valence-electron chi connectivity index (χ2n) is 20.1. The van der Waals surface area contributed by atoms with Crippen molar-refractivity contribution >= 4 is 47.4 Å². The van der Waals surface area contributed by atoms with Crippen molar-refractivity contribution in [3.05, 3.63) is 179 Å². The van der Waals surface area contributed by atoms with Crippen molar-refractivity contribution in [3.63, 3.8) is 0 Å². The van der Waals surface area contributed by atoms with Crippen LogP contribution in [0.5, 0.6) is 0 Å². The van der Waals surface area contributed by atoms with E-state index in [9.17, 15) is 38.4 Å². The van der Waals surface area contributed by atoms with Crippen LogP contribution in [0.25, 0.3) is 0 Å². The Labute approximate surface area is 446 Å². The largest absolute Gasteiger partial charge is 0.458 e. The van der Waals surface area contributed by atoms with E-state index in [1.165, 1.54) is 0 Å². The molecule has 77 heavy (non-hydrogen) atoms. The van der Waals surface area contributed by atoms with Gasteiger partial charge in [-0.3, -0.25) is 28.8 Å². The molecule has 6 rings (SSSR count). The fraction of sp³-hybridized carbons (Fsp3) is 0.333. The van der Waals surface area contributed by atoms with Crippen molar-refractivity contribution in [2.45, 2.75) is 109 Å². The monoisotopic (exact) mass is 1050 g/mol. The summed E-state index contributed by atoms with van der Waals surface area (Å²) in [6, 6.07) is 31.5. The quantitative estimate of drug-likeness (QED) is 0.0307. The molecule has 0 spiro atoms. The van der Waals surface area contributed by atoms with Gasteiger partial charge in [0.1, 0.15) is 46.8 Å². The molecule has 0 fully saturated rings. The Bertz CT molecular complexity index is 2750. The lowest BCUT2D eigenvalue weighted by molar-refractivity contribution is -0.158. The van der Waals surface area contributed by atoms with E-state index >= 15 is 0 Å². The summed E-state index contributed by atoms with van der Waals surface area (Å²) >= 11 is 0. The molecule has 0 aliphatic carbocycles. The van der Waals surface area contributed by atoms with E-state index in [-0.39, 0.29) is 68.0 Å². The van der Waals surface area contributed by atoms with E-state index in [2.05, 4.69) is 51.8 Å². The number of nitrogens with zero attached hydrogens (tertiary/aromatic N) is 2. The van der Waals surface area contributed by atoms with Crippen LogP contribution in [0.1, 0.15) is 112 Å². The second-order valence-corrected chi connectivity index (χ2v) is 20.1. The predicted molar refractivity (Wildman–Crippen MR) is 285 cm³/mol. The Hall–Kier alpha value is -8.94. The van der Waals surface area contributed by atoms with Gasteiger partial charge in [0.05, 0.1) is 12.7 Å². The summed E-state index contributed by atoms with van der Waals surface area (Å²) in [4.78, 5) is 123. The van der Waals surface area contributed by atoms with Crippen LogP contribution < -0.4 is 31.9 Å². The molecule has 0 saturated heterocycles. The van der Waals surface area contributed by atoms with E-state index in [0.717, 1.165) is 34.9 Å². The maximum atomic E-state index is 13.9. The van der Waals surface area contributed by atoms with Gasteiger partial charge in [-0.15, -0.1) is 0 Å². The maximum absolute atomic E-state index is 13.9. The molecule has 0 radical (unpaired) electrons. The average Bonchev–Trinajstić information content (AvgIpc) is 4.11. The number of H-pyrrole nitrogens is 2. The molecule has 0 saturated carbocycles. The van der Waals surface area contributed by atoms with Gasteiger partial charge < -0.3 is 51.3 Å². The zero-order chi connectivity index (χ0) is 55.5. The number of hydrogen-bond acceptors (Lipinski definition) is 12. The fourth-order valence-electron chi connectivity index (χ4n) is 7.90. The normalized spacial score (nSPS) is 12.9. The highest BCUT2D eigenvalue weighted by Crippen LogP contribution is 2.16. The number of esters is 2. The molecule has 2 heterocycles. The number of imidazole rings is 2. The molecule has 0 unspecified atom stereocenters. The summed E-state index contributed by atoms with van der Waals surface area (Å²) in [6.07, 6.45) is 2.90. The number of aromatic nitrogens is 4. The molecule has 0 aliphatic heterocycles. The van der Waals surface area contributed by atoms with Gasteiger partial charge in [0.25, 0.3) is 23.6 Å². The molecule has 6 aromatic rings. The van der Waals surface area contributed by atoms with Gasteiger partial charge in [-0.2, -0.15) is 0 Å². The number of amides is 6. The average molecular weight is 1050 g/mol. The topological polar surface area (TPSA) is 285 Å². The zero-order valence-corrected chi connectivity index (χ0v) is 43.9. The standard InChI is InChI=1S/C57H66N10O10/c1-56(2,3)76-54(74)42(32-38-24-15-9-16-25-38)66-52(72)46-44(60-34-62-46)50(70)64-40(30-36-20-11-7-12-21-36)48(68)58-28-19-29-59-49(69)41(31-37-22-13-8-14-23-37)65-51(71)45-47(63-35-61-45)53(73)67-43(55(75)77-57(4,5)6)33-39-26-17-10-18-27-39/h7-18,20-27,34-35,40-43H,19,28-33H2,1-6H3,(H,58,68)(H,59,69)(H,60,62)(H,61,63)(H,64,70)(H,65,71)(H,66,72)(H,67,73)/t40-,41+,42-,43-/m0/s1. The van der Waals surface area contributed by atoms with E-state index < -0.39 is 82.8 Å². The van der Waals surface area contributed by atoms with Crippen LogP contribution >= 0.6 is 0 Å². The Kier molecular flexibility index (Phi) is 20.1. The third kappa shape index (κ3) is 18.1. The number of aromatic amines is 2. The zero-order valence-electron chi connectivity index (χ0n) is 43.9. The summed E-state index contributed by atoms with van der Waals surface area (Å²) in [7, 11) is 0. The van der Waals surface area contributed by atoms with Crippen LogP contribution in [0.15, 0.2) is 134 Å². The number of ether oxygens (including phenoxy) is 2. The minimum absolute atomic E-state index is 0.0579. The van der Waals surface area contributed by atoms with Crippen molar-refractivity contribution in [2.75, 3.05) is 13.1 Å². The SMILES string of the molecule is CC(C)(C)OC(=O)[C@H](Cc1ccccc1)NC(=O)c1nc[nH]c1C(=O)N[C@@H](Cc1ccccc1)C(=O)NCCCNC(=O)[C@@H](Cc1ccccc1)NC(=O)c1[nH]cnc1C(=O)N[C@@H](Cc1ccccc1)C(=O)OC(C)(C)C. The third-order valence-corrected chi connectivity index (χ3v) is 11.5. The van der Waals surface area contributed by atoms with E-state index in [4.69, 9.17) is 9.47 Å². The summed E-state index contributed by atoms with van der Waals surface area (Å²) in [6.45, 7) is 10.4. The van der Waals surface area contributed by atoms with Gasteiger partial charge in [0.2, 0.25) is 11.8 Å². The van der Waals surface area contributed by atoms with Crippen molar-refractivity contribution in [2.24, 2.45) is 0 Å². The Morgan fingerprint density at radius 3 is 1.01 bits per heavy atom. The van der Waals surface area contributed by atoms with E-state index in [1.807, 2.05) is 24.3 Å². The lowest BCUT2D eigenvalue weighted by Gasteiger charge is -2.24. The summed E-state index contributed by atoms with van der Waals surface area (Å²) < 4.78 is 11.2. The number of hydrogen-bond donors (Lipinski definition) is 8. The van der Waals surface area contributed by atoms with Gasteiger partial charge >= 0.3 is 11.9 Å². The van der Waals surface area contributed by atoms with Crippen LogP contribution in [-0.4, -0.2) is 116 Å². The molecular formula is C57H66N10O10. The summed E-state index contributed by atoms with van der Waals surface area (Å²) in [5.41, 5.74) is 0.182. The maximum Gasteiger partial charge on any atom is 0.329 e. The number of carbonyl (C=O) groups is 8. The van der Waals surface area contributed by atoms with Crippen molar-refractivity contribution in [1.29, 1.82) is 0 Å². The van der Waals surface area contributed by atoms with Crippen LogP contribution in [0.2, 0.25) is 0 Å². The minimum Gasteiger partial charge on any atom is -0.458 e. The summed E-state index contributed by atoms with van der Waals surface area (Å²) in [5.74, 6) is -5.73. The number of benzene rings is 4. The van der Waals surface area contributed by atoms with Crippen molar-refractivity contribution in [1.82, 2.24) is 51.8 Å². The third-order valence-electron chi connectivity index (χ3n) is 11.5. The Morgan fingerprint density at radius 1 is 0.429 bits per heavy atom. The predicted octanol–water partition coefficient (Wildman–Crippen LogP) is 4.50. The molecule has 404 valence electrons. The van der Waals surface area contributed by atoms with Crippen LogP contribution in [0, 0.1) is 0 Å². The Balaban J connectivity index is 1.08. The van der Waals surface area contributed by atoms with Crippen LogP contribution in [0.4, 0.5) is 0 Å². The highest BCUT2D eigenvalue weighted by atomic mass is 16.6. The lowest BCUT2D eigenvalue weighted by Crippen LogP contribution is -2.50. The summed E-state index contributed by atoms with van der Waals surface area (Å²) in [5, 5.41) is 16.4. The lowest BCUT2D eigenvalue weighted by atomic mass is 10.0. The van der Waals surface area contributed by atoms with Crippen molar-refractivity contribution < 1.29 is 47.8 Å². The van der Waals surface area contributed by atoms with Crippen molar-refractivity contribution in [3.8, 4) is 0 Å². The fourth-order valence-corrected chi connectivity index (χ4v) is 7.90. The second kappa shape index (κ2) is 27.0. The van der Waals surface area contributed by atoms with Gasteiger partial charge in [-0.25, -0.2) is 19.6 Å². The molecule has 8 N–H and O–H groups in total. The van der Waals surface area contributed by atoms with E-state index in [1.54, 1.807) is 139 Å². The smallest absolute Gasteiger partial charge is 0.329 e. The number of rotatable bonds is 24. The highest BCUT2D eigenvalue weighted by molar-refractivity contribution is 6.07.